The minimum Gasteiger partial charge on any atom is -0.396 e. The molecule has 0 spiro atoms. The molecule has 1 aromatic heterocycles. The molecule has 0 radical (unpaired) electrons. The maximum atomic E-state index is 11.7. The maximum absolute atomic E-state index is 11.7. The number of ether oxygens (including phenoxy) is 1. The van der Waals surface area contributed by atoms with E-state index in [0.29, 0.717) is 18.4 Å². The normalized spacial score (nSPS) is 23.4. The van der Waals surface area contributed by atoms with E-state index in [1.54, 1.807) is 0 Å². The molecule has 2 rings (SSSR count). The standard InChI is InChI=1S/C11H17N3O4/c12-10-7(6-16)5-14(11(17)13-10)9-2-1-8(18-9)3-4-15/h5,8-9,15-16H,1-4,6H2,(H2,12,13,17)/t8-,9?/m0/s1. The third-order valence-electron chi connectivity index (χ3n) is 3.08. The van der Waals surface area contributed by atoms with E-state index in [-0.39, 0.29) is 25.1 Å². The summed E-state index contributed by atoms with van der Waals surface area (Å²) in [5, 5.41) is 17.9. The second-order valence-electron chi connectivity index (χ2n) is 4.30. The minimum absolute atomic E-state index is 0.0398. The summed E-state index contributed by atoms with van der Waals surface area (Å²) in [5.41, 5.74) is 5.44. The lowest BCUT2D eigenvalue weighted by molar-refractivity contribution is -0.0104. The van der Waals surface area contributed by atoms with Gasteiger partial charge in [-0.2, -0.15) is 4.98 Å². The highest BCUT2D eigenvalue weighted by Crippen LogP contribution is 2.28. The topological polar surface area (TPSA) is 111 Å². The Bertz CT molecular complexity index is 474. The molecule has 1 aliphatic rings. The van der Waals surface area contributed by atoms with E-state index in [1.165, 1.54) is 10.8 Å². The van der Waals surface area contributed by atoms with Gasteiger partial charge in [0.25, 0.3) is 0 Å². The van der Waals surface area contributed by atoms with Gasteiger partial charge in [-0.15, -0.1) is 0 Å². The fourth-order valence-electron chi connectivity index (χ4n) is 2.10. The predicted octanol–water partition coefficient (Wildman–Crippen LogP) is -0.622. The number of aliphatic hydroxyl groups is 2. The van der Waals surface area contributed by atoms with Crippen LogP contribution in [0.5, 0.6) is 0 Å². The van der Waals surface area contributed by atoms with Crippen molar-refractivity contribution in [2.24, 2.45) is 0 Å². The summed E-state index contributed by atoms with van der Waals surface area (Å²) in [6.07, 6.45) is 3.07. The van der Waals surface area contributed by atoms with Crippen LogP contribution >= 0.6 is 0 Å². The van der Waals surface area contributed by atoms with Crippen molar-refractivity contribution in [3.8, 4) is 0 Å². The van der Waals surface area contributed by atoms with Crippen molar-refractivity contribution in [3.63, 3.8) is 0 Å². The van der Waals surface area contributed by atoms with Crippen molar-refractivity contribution in [1.82, 2.24) is 9.55 Å². The van der Waals surface area contributed by atoms with E-state index >= 15 is 0 Å². The molecule has 0 amide bonds. The summed E-state index contributed by atoms with van der Waals surface area (Å²) >= 11 is 0. The van der Waals surface area contributed by atoms with Crippen LogP contribution in [0.1, 0.15) is 31.1 Å². The summed E-state index contributed by atoms with van der Waals surface area (Å²) in [7, 11) is 0. The summed E-state index contributed by atoms with van der Waals surface area (Å²) in [5.74, 6) is 0.0451. The van der Waals surface area contributed by atoms with Crippen molar-refractivity contribution < 1.29 is 14.9 Å². The van der Waals surface area contributed by atoms with Gasteiger partial charge >= 0.3 is 5.69 Å². The van der Waals surface area contributed by atoms with Crippen molar-refractivity contribution in [2.75, 3.05) is 12.3 Å². The smallest absolute Gasteiger partial charge is 0.351 e. The monoisotopic (exact) mass is 255 g/mol. The van der Waals surface area contributed by atoms with Gasteiger partial charge in [-0.25, -0.2) is 4.79 Å². The first-order valence-corrected chi connectivity index (χ1v) is 5.90. The lowest BCUT2D eigenvalue weighted by Crippen LogP contribution is -2.28. The van der Waals surface area contributed by atoms with Crippen LogP contribution in [0.15, 0.2) is 11.0 Å². The molecule has 18 heavy (non-hydrogen) atoms. The number of hydrogen-bond acceptors (Lipinski definition) is 6. The number of nitrogen functional groups attached to an aromatic ring is 1. The average molecular weight is 255 g/mol. The first kappa shape index (κ1) is 13.0. The Morgan fingerprint density at radius 1 is 1.50 bits per heavy atom. The predicted molar refractivity (Wildman–Crippen MR) is 63.7 cm³/mol. The van der Waals surface area contributed by atoms with Crippen LogP contribution in [0.2, 0.25) is 0 Å². The third kappa shape index (κ3) is 2.53. The number of hydrogen-bond donors (Lipinski definition) is 3. The SMILES string of the molecule is Nc1nc(=O)n(C2CC[C@@H](CCO)O2)cc1CO. The Labute approximate surface area is 104 Å². The second kappa shape index (κ2) is 5.47. The lowest BCUT2D eigenvalue weighted by Gasteiger charge is -2.16. The molecule has 0 aliphatic carbocycles. The zero-order valence-electron chi connectivity index (χ0n) is 9.95. The van der Waals surface area contributed by atoms with Gasteiger partial charge in [-0.05, 0) is 19.3 Å². The molecule has 2 atom stereocenters. The molecule has 0 bridgehead atoms. The molecule has 0 aromatic carbocycles. The molecular formula is C11H17N3O4. The second-order valence-corrected chi connectivity index (χ2v) is 4.30. The Morgan fingerprint density at radius 2 is 2.28 bits per heavy atom. The fourth-order valence-corrected chi connectivity index (χ4v) is 2.10. The van der Waals surface area contributed by atoms with Crippen LogP contribution in [0.4, 0.5) is 5.82 Å². The first-order valence-electron chi connectivity index (χ1n) is 5.90. The highest BCUT2D eigenvalue weighted by Gasteiger charge is 2.27. The molecule has 7 heteroatoms. The zero-order chi connectivity index (χ0) is 13.1. The lowest BCUT2D eigenvalue weighted by atomic mass is 10.2. The van der Waals surface area contributed by atoms with E-state index in [0.717, 1.165) is 6.42 Å². The van der Waals surface area contributed by atoms with Crippen LogP contribution in [0.3, 0.4) is 0 Å². The Hall–Kier alpha value is -1.44. The van der Waals surface area contributed by atoms with E-state index in [2.05, 4.69) is 4.98 Å². The quantitative estimate of drug-likeness (QED) is 0.661. The summed E-state index contributed by atoms with van der Waals surface area (Å²) in [6.45, 7) is -0.208. The molecule has 0 saturated carbocycles. The number of nitrogens with zero attached hydrogens (tertiary/aromatic N) is 2. The molecular weight excluding hydrogens is 238 g/mol. The van der Waals surface area contributed by atoms with Crippen LogP contribution < -0.4 is 11.4 Å². The Kier molecular flexibility index (Phi) is 3.95. The zero-order valence-corrected chi connectivity index (χ0v) is 9.95. The van der Waals surface area contributed by atoms with E-state index in [9.17, 15) is 4.79 Å². The van der Waals surface area contributed by atoms with E-state index < -0.39 is 11.9 Å². The maximum Gasteiger partial charge on any atom is 0.351 e. The highest BCUT2D eigenvalue weighted by molar-refractivity contribution is 5.36. The molecule has 4 N–H and O–H groups in total. The Balaban J connectivity index is 2.21. The van der Waals surface area contributed by atoms with Crippen molar-refractivity contribution >= 4 is 5.82 Å². The molecule has 1 aromatic rings. The molecule has 2 heterocycles. The van der Waals surface area contributed by atoms with Gasteiger partial charge < -0.3 is 20.7 Å². The molecule has 1 saturated heterocycles. The molecule has 1 aliphatic heterocycles. The van der Waals surface area contributed by atoms with Gasteiger partial charge in [0.05, 0.1) is 12.7 Å². The first-order chi connectivity index (χ1) is 8.65. The number of rotatable bonds is 4. The van der Waals surface area contributed by atoms with Gasteiger partial charge in [-0.1, -0.05) is 0 Å². The van der Waals surface area contributed by atoms with Gasteiger partial charge in [0, 0.05) is 18.4 Å². The molecule has 7 nitrogen and oxygen atoms in total. The number of aromatic nitrogens is 2. The van der Waals surface area contributed by atoms with Gasteiger partial charge in [0.1, 0.15) is 12.0 Å². The molecule has 100 valence electrons. The molecule has 1 unspecified atom stereocenters. The highest BCUT2D eigenvalue weighted by atomic mass is 16.5. The number of nitrogens with two attached hydrogens (primary N) is 1. The van der Waals surface area contributed by atoms with Gasteiger partial charge in [-0.3, -0.25) is 4.57 Å². The van der Waals surface area contributed by atoms with E-state index in [1.807, 2.05) is 0 Å². The summed E-state index contributed by atoms with van der Waals surface area (Å²) in [4.78, 5) is 15.4. The minimum atomic E-state index is -0.487. The summed E-state index contributed by atoms with van der Waals surface area (Å²) in [6, 6.07) is 0. The number of aliphatic hydroxyl groups excluding tert-OH is 2. The van der Waals surface area contributed by atoms with Crippen LogP contribution in [0, 0.1) is 0 Å². The Morgan fingerprint density at radius 3 is 2.94 bits per heavy atom. The van der Waals surface area contributed by atoms with Crippen LogP contribution in [-0.2, 0) is 11.3 Å². The number of anilines is 1. The van der Waals surface area contributed by atoms with E-state index in [4.69, 9.17) is 20.7 Å². The van der Waals surface area contributed by atoms with Gasteiger partial charge in [0.15, 0.2) is 0 Å². The third-order valence-corrected chi connectivity index (χ3v) is 3.08. The van der Waals surface area contributed by atoms with Gasteiger partial charge in [0.2, 0.25) is 0 Å². The summed E-state index contributed by atoms with van der Waals surface area (Å²) < 4.78 is 7.00. The van der Waals surface area contributed by atoms with Crippen molar-refractivity contribution in [3.05, 3.63) is 22.2 Å². The van der Waals surface area contributed by atoms with Crippen molar-refractivity contribution in [2.45, 2.75) is 38.2 Å². The fraction of sp³-hybridized carbons (Fsp3) is 0.636. The van der Waals surface area contributed by atoms with Crippen LogP contribution in [-0.4, -0.2) is 32.5 Å². The van der Waals surface area contributed by atoms with Crippen molar-refractivity contribution in [1.29, 1.82) is 0 Å². The largest absolute Gasteiger partial charge is 0.396 e. The average Bonchev–Trinajstić information content (AvgIpc) is 2.78. The molecule has 1 fully saturated rings. The van der Waals surface area contributed by atoms with Crippen LogP contribution in [0.25, 0.3) is 0 Å².